The van der Waals surface area contributed by atoms with Gasteiger partial charge in [-0.3, -0.25) is 4.79 Å². The Balaban J connectivity index is 1.49. The van der Waals surface area contributed by atoms with Crippen LogP contribution in [0.25, 0.3) is 11.0 Å². The van der Waals surface area contributed by atoms with Gasteiger partial charge in [-0.05, 0) is 57.6 Å². The molecule has 0 atom stereocenters. The summed E-state index contributed by atoms with van der Waals surface area (Å²) in [5, 5.41) is 3.00. The smallest absolute Gasteiger partial charge is 0.251 e. The molecule has 5 nitrogen and oxygen atoms in total. The molecule has 0 saturated carbocycles. The number of fused-ring (bicyclic) bond motifs is 1. The lowest BCUT2D eigenvalue weighted by molar-refractivity contribution is 0.0952. The second-order valence-electron chi connectivity index (χ2n) is 6.93. The first-order valence-corrected chi connectivity index (χ1v) is 9.28. The summed E-state index contributed by atoms with van der Waals surface area (Å²) in [5.74, 6) is -0.0670. The molecule has 3 rings (SSSR count). The number of nitrogens with one attached hydrogen (secondary N) is 1. The van der Waals surface area contributed by atoms with E-state index in [9.17, 15) is 4.79 Å². The van der Waals surface area contributed by atoms with Crippen molar-refractivity contribution in [1.29, 1.82) is 0 Å². The summed E-state index contributed by atoms with van der Waals surface area (Å²) < 4.78 is 0. The Morgan fingerprint density at radius 2 is 1.70 bits per heavy atom. The molecule has 1 N–H and O–H groups in total. The van der Waals surface area contributed by atoms with E-state index in [0.717, 1.165) is 41.9 Å². The molecule has 5 heteroatoms. The maximum absolute atomic E-state index is 12.4. The highest BCUT2D eigenvalue weighted by atomic mass is 16.1. The van der Waals surface area contributed by atoms with Crippen LogP contribution in [0.3, 0.4) is 0 Å². The minimum absolute atomic E-state index is 0.0670. The van der Waals surface area contributed by atoms with Crippen LogP contribution in [0.4, 0.5) is 0 Å². The molecular weight excluding hydrogens is 336 g/mol. The van der Waals surface area contributed by atoms with Crippen molar-refractivity contribution in [3.63, 3.8) is 0 Å². The second-order valence-corrected chi connectivity index (χ2v) is 6.93. The number of hydrogen-bond acceptors (Lipinski definition) is 4. The molecule has 0 radical (unpaired) electrons. The Bertz CT molecular complexity index is 924. The quantitative estimate of drug-likeness (QED) is 0.654. The van der Waals surface area contributed by atoms with E-state index in [-0.39, 0.29) is 5.91 Å². The molecular formula is C22H26N4O. The fourth-order valence-electron chi connectivity index (χ4n) is 3.00. The van der Waals surface area contributed by atoms with Gasteiger partial charge < -0.3 is 10.2 Å². The highest BCUT2D eigenvalue weighted by Crippen LogP contribution is 2.14. The summed E-state index contributed by atoms with van der Waals surface area (Å²) in [5.41, 5.74) is 5.30. The number of amides is 1. The van der Waals surface area contributed by atoms with Crippen molar-refractivity contribution in [3.05, 3.63) is 71.0 Å². The second kappa shape index (κ2) is 8.73. The Labute approximate surface area is 160 Å². The number of aryl methyl sites for hydroxylation is 2. The van der Waals surface area contributed by atoms with Gasteiger partial charge in [0.2, 0.25) is 0 Å². The first-order valence-electron chi connectivity index (χ1n) is 9.28. The monoisotopic (exact) mass is 362 g/mol. The van der Waals surface area contributed by atoms with Crippen LogP contribution in [0, 0.1) is 13.8 Å². The Hall–Kier alpha value is -2.79. The van der Waals surface area contributed by atoms with Crippen molar-refractivity contribution in [1.82, 2.24) is 20.2 Å². The van der Waals surface area contributed by atoms with Gasteiger partial charge in [-0.15, -0.1) is 0 Å². The van der Waals surface area contributed by atoms with Crippen molar-refractivity contribution in [2.24, 2.45) is 0 Å². The molecule has 0 saturated heterocycles. The van der Waals surface area contributed by atoms with Crippen LogP contribution in [0.5, 0.6) is 0 Å². The summed E-state index contributed by atoms with van der Waals surface area (Å²) in [6.45, 7) is 6.36. The van der Waals surface area contributed by atoms with Gasteiger partial charge in [0.1, 0.15) is 0 Å². The Kier molecular flexibility index (Phi) is 6.14. The number of carbonyl (C=O) groups is 1. The fourth-order valence-corrected chi connectivity index (χ4v) is 3.00. The maximum atomic E-state index is 12.4. The van der Waals surface area contributed by atoms with Gasteiger partial charge in [0.15, 0.2) is 0 Å². The molecule has 1 amide bonds. The molecule has 3 aromatic rings. The highest BCUT2D eigenvalue weighted by molar-refractivity contribution is 5.97. The average Bonchev–Trinajstić information content (AvgIpc) is 2.66. The van der Waals surface area contributed by atoms with Gasteiger partial charge in [-0.1, -0.05) is 30.3 Å². The fraction of sp³-hybridized carbons (Fsp3) is 0.318. The lowest BCUT2D eigenvalue weighted by Crippen LogP contribution is -2.28. The van der Waals surface area contributed by atoms with Crippen LogP contribution in [-0.2, 0) is 6.54 Å². The molecule has 1 heterocycles. The molecule has 0 aliphatic carbocycles. The van der Waals surface area contributed by atoms with Crippen LogP contribution in [-0.4, -0.2) is 40.9 Å². The molecule has 140 valence electrons. The van der Waals surface area contributed by atoms with Crippen molar-refractivity contribution in [3.8, 4) is 0 Å². The number of carbonyl (C=O) groups excluding carboxylic acids is 1. The zero-order chi connectivity index (χ0) is 19.2. The molecule has 27 heavy (non-hydrogen) atoms. The van der Waals surface area contributed by atoms with Gasteiger partial charge in [0.05, 0.1) is 22.4 Å². The van der Waals surface area contributed by atoms with Gasteiger partial charge in [-0.2, -0.15) is 0 Å². The predicted molar refractivity (Wildman–Crippen MR) is 109 cm³/mol. The van der Waals surface area contributed by atoms with Crippen molar-refractivity contribution in [2.45, 2.75) is 26.8 Å². The molecule has 0 bridgehead atoms. The maximum Gasteiger partial charge on any atom is 0.251 e. The van der Waals surface area contributed by atoms with Crippen LogP contribution < -0.4 is 5.32 Å². The average molecular weight is 362 g/mol. The van der Waals surface area contributed by atoms with Crippen molar-refractivity contribution in [2.75, 3.05) is 20.1 Å². The number of hydrogen-bond donors (Lipinski definition) is 1. The SMILES string of the molecule is Cc1nc2ccc(C(=O)NCCCN(C)Cc3ccccc3)cc2nc1C. The minimum atomic E-state index is -0.0670. The van der Waals surface area contributed by atoms with E-state index in [1.165, 1.54) is 5.56 Å². The summed E-state index contributed by atoms with van der Waals surface area (Å²) in [4.78, 5) is 23.7. The lowest BCUT2D eigenvalue weighted by Gasteiger charge is -2.16. The van der Waals surface area contributed by atoms with E-state index in [4.69, 9.17) is 0 Å². The minimum Gasteiger partial charge on any atom is -0.352 e. The highest BCUT2D eigenvalue weighted by Gasteiger charge is 2.09. The molecule has 0 unspecified atom stereocenters. The zero-order valence-electron chi connectivity index (χ0n) is 16.2. The van der Waals surface area contributed by atoms with Gasteiger partial charge in [-0.25, -0.2) is 9.97 Å². The van der Waals surface area contributed by atoms with Gasteiger partial charge >= 0.3 is 0 Å². The molecule has 1 aromatic heterocycles. The van der Waals surface area contributed by atoms with Crippen LogP contribution in [0.15, 0.2) is 48.5 Å². The van der Waals surface area contributed by atoms with Gasteiger partial charge in [0.25, 0.3) is 5.91 Å². The standard InChI is InChI=1S/C22H26N4O/c1-16-17(2)25-21-14-19(10-11-20(21)24-16)22(27)23-12-7-13-26(3)15-18-8-5-4-6-9-18/h4-6,8-11,14H,7,12-13,15H2,1-3H3,(H,23,27). The Morgan fingerprint density at radius 3 is 2.44 bits per heavy atom. The lowest BCUT2D eigenvalue weighted by atomic mass is 10.1. The van der Waals surface area contributed by atoms with Crippen LogP contribution in [0.1, 0.15) is 33.7 Å². The summed E-state index contributed by atoms with van der Waals surface area (Å²) in [6.07, 6.45) is 0.904. The normalized spacial score (nSPS) is 11.1. The van der Waals surface area contributed by atoms with Crippen LogP contribution in [0.2, 0.25) is 0 Å². The number of aromatic nitrogens is 2. The molecule has 2 aromatic carbocycles. The van der Waals surface area contributed by atoms with Crippen molar-refractivity contribution < 1.29 is 4.79 Å². The summed E-state index contributed by atoms with van der Waals surface area (Å²) in [7, 11) is 2.10. The van der Waals surface area contributed by atoms with E-state index in [2.05, 4.69) is 51.5 Å². The molecule has 0 fully saturated rings. The first kappa shape index (κ1) is 19.0. The molecule has 0 spiro atoms. The predicted octanol–water partition coefficient (Wildman–Crippen LogP) is 3.50. The van der Waals surface area contributed by atoms with Crippen LogP contribution >= 0.6 is 0 Å². The van der Waals surface area contributed by atoms with E-state index in [1.807, 2.05) is 38.1 Å². The number of rotatable bonds is 7. The van der Waals surface area contributed by atoms with E-state index in [1.54, 1.807) is 0 Å². The third-order valence-electron chi connectivity index (χ3n) is 4.64. The van der Waals surface area contributed by atoms with Crippen molar-refractivity contribution >= 4 is 16.9 Å². The molecule has 0 aliphatic heterocycles. The van der Waals surface area contributed by atoms with E-state index in [0.29, 0.717) is 12.1 Å². The van der Waals surface area contributed by atoms with E-state index >= 15 is 0 Å². The number of benzene rings is 2. The topological polar surface area (TPSA) is 58.1 Å². The Morgan fingerprint density at radius 1 is 1.00 bits per heavy atom. The number of nitrogens with zero attached hydrogens (tertiary/aromatic N) is 3. The largest absolute Gasteiger partial charge is 0.352 e. The summed E-state index contributed by atoms with van der Waals surface area (Å²) in [6, 6.07) is 15.9. The molecule has 0 aliphatic rings. The van der Waals surface area contributed by atoms with E-state index < -0.39 is 0 Å². The third kappa shape index (κ3) is 5.11. The third-order valence-corrected chi connectivity index (χ3v) is 4.64. The zero-order valence-corrected chi connectivity index (χ0v) is 16.2. The summed E-state index contributed by atoms with van der Waals surface area (Å²) >= 11 is 0. The first-order chi connectivity index (χ1) is 13.0. The van der Waals surface area contributed by atoms with Gasteiger partial charge in [0, 0.05) is 18.7 Å².